The van der Waals surface area contributed by atoms with Gasteiger partial charge in [-0.2, -0.15) is 0 Å². The molecule has 0 aromatic heterocycles. The van der Waals surface area contributed by atoms with Gasteiger partial charge in [0.25, 0.3) is 0 Å². The molecule has 0 radical (unpaired) electrons. The van der Waals surface area contributed by atoms with Crippen LogP contribution in [-0.4, -0.2) is 0 Å². The van der Waals surface area contributed by atoms with Crippen LogP contribution in [0.5, 0.6) is 0 Å². The summed E-state index contributed by atoms with van der Waals surface area (Å²) in [7, 11) is 0. The van der Waals surface area contributed by atoms with Gasteiger partial charge in [0.2, 0.25) is 0 Å². The fourth-order valence-corrected chi connectivity index (χ4v) is 13.8. The molecule has 0 amide bonds. The van der Waals surface area contributed by atoms with E-state index in [0.717, 1.165) is 11.4 Å². The molecule has 3 aliphatic rings. The molecule has 10 aromatic rings. The Balaban J connectivity index is 0.733. The quantitative estimate of drug-likeness (QED) is 0.126. The highest BCUT2D eigenvalue weighted by Crippen LogP contribution is 2.54. The Hall–Kier alpha value is -8.72. The first-order valence-corrected chi connectivity index (χ1v) is 28.9. The molecule has 0 aliphatic heterocycles. The molecule has 81 heavy (non-hydrogen) atoms. The van der Waals surface area contributed by atoms with Crippen LogP contribution < -0.4 is 9.80 Å². The molecule has 0 saturated heterocycles. The van der Waals surface area contributed by atoms with Crippen LogP contribution in [0.25, 0.3) is 57.7 Å². The zero-order valence-corrected chi connectivity index (χ0v) is 49.2. The second-order valence-electron chi connectivity index (χ2n) is 25.3. The van der Waals surface area contributed by atoms with Crippen LogP contribution >= 0.6 is 0 Å². The van der Waals surface area contributed by atoms with E-state index in [4.69, 9.17) is 0 Å². The van der Waals surface area contributed by atoms with Crippen LogP contribution in [-0.2, 0) is 16.2 Å². The summed E-state index contributed by atoms with van der Waals surface area (Å²) in [4.78, 5) is 4.83. The predicted molar refractivity (Wildman–Crippen MR) is 348 cm³/mol. The average molecular weight is 1050 g/mol. The van der Waals surface area contributed by atoms with Crippen LogP contribution in [0, 0.1) is 41.5 Å². The van der Waals surface area contributed by atoms with Crippen molar-refractivity contribution < 1.29 is 0 Å². The highest BCUT2D eigenvalue weighted by atomic mass is 15.1. The van der Waals surface area contributed by atoms with Crippen molar-refractivity contribution in [3.8, 4) is 33.4 Å². The fourth-order valence-electron chi connectivity index (χ4n) is 13.8. The van der Waals surface area contributed by atoms with Crippen molar-refractivity contribution in [2.45, 2.75) is 99.3 Å². The van der Waals surface area contributed by atoms with Gasteiger partial charge in [-0.05, 0) is 226 Å². The van der Waals surface area contributed by atoms with E-state index >= 15 is 0 Å². The lowest BCUT2D eigenvalue weighted by Gasteiger charge is -2.28. The van der Waals surface area contributed by atoms with E-state index < -0.39 is 0 Å². The van der Waals surface area contributed by atoms with Crippen molar-refractivity contribution in [3.05, 3.63) is 283 Å². The Kier molecular flexibility index (Phi) is 12.3. The molecule has 3 aliphatic carbocycles. The summed E-state index contributed by atoms with van der Waals surface area (Å²) in [5.74, 6) is 0. The maximum absolute atomic E-state index is 2.43. The van der Waals surface area contributed by atoms with Gasteiger partial charge >= 0.3 is 0 Å². The Morgan fingerprint density at radius 1 is 0.222 bits per heavy atom. The molecule has 0 saturated carbocycles. The number of anilines is 6. The van der Waals surface area contributed by atoms with Crippen molar-refractivity contribution in [3.63, 3.8) is 0 Å². The number of benzene rings is 10. The second kappa shape index (κ2) is 19.2. The van der Waals surface area contributed by atoms with Gasteiger partial charge in [0.1, 0.15) is 0 Å². The number of aryl methyl sites for hydroxylation is 6. The summed E-state index contributed by atoms with van der Waals surface area (Å²) >= 11 is 0. The van der Waals surface area contributed by atoms with Crippen LogP contribution in [0.1, 0.15) is 131 Å². The normalized spacial score (nSPS) is 14.6. The van der Waals surface area contributed by atoms with Crippen molar-refractivity contribution in [1.29, 1.82) is 0 Å². The van der Waals surface area contributed by atoms with Gasteiger partial charge in [0.05, 0.1) is 0 Å². The van der Waals surface area contributed by atoms with E-state index in [0.29, 0.717) is 0 Å². The maximum atomic E-state index is 2.43. The van der Waals surface area contributed by atoms with Gasteiger partial charge in [-0.1, -0.05) is 198 Å². The first-order chi connectivity index (χ1) is 38.8. The monoisotopic (exact) mass is 1050 g/mol. The molecule has 0 fully saturated rings. The summed E-state index contributed by atoms with van der Waals surface area (Å²) in [6.45, 7) is 27.4. The average Bonchev–Trinajstić information content (AvgIpc) is 4.12. The summed E-state index contributed by atoms with van der Waals surface area (Å²) < 4.78 is 0. The van der Waals surface area contributed by atoms with Crippen molar-refractivity contribution >= 4 is 58.4 Å². The SMILES string of the molecule is Cc1ccc(N(c2cc(C)cc(C)c2)c2ccc3c(c2)C(C)(C)c2cc(/C=C/c4ccc5c(c4)C(C)(C)c4cc(/C=C/c6ccc7c(c6)C(C)(C)c6cc(N(c8ccc(C)cc8)c8cc(C)cc(C)c8)ccc6-7)ccc4-5)ccc2-3)cc1. The smallest absolute Gasteiger partial charge is 0.0466 e. The Morgan fingerprint density at radius 2 is 0.457 bits per heavy atom. The molecule has 0 bridgehead atoms. The van der Waals surface area contributed by atoms with Crippen LogP contribution in [0.2, 0.25) is 0 Å². The Morgan fingerprint density at radius 3 is 0.728 bits per heavy atom. The first-order valence-electron chi connectivity index (χ1n) is 28.9. The van der Waals surface area contributed by atoms with Crippen LogP contribution in [0.15, 0.2) is 194 Å². The minimum atomic E-state index is -0.174. The Labute approximate surface area is 481 Å². The number of nitrogens with zero attached hydrogens (tertiary/aromatic N) is 2. The van der Waals surface area contributed by atoms with E-state index in [1.165, 1.54) is 145 Å². The molecule has 0 heterocycles. The second-order valence-corrected chi connectivity index (χ2v) is 25.3. The summed E-state index contributed by atoms with van der Waals surface area (Å²) in [5.41, 5.74) is 35.1. The van der Waals surface area contributed by atoms with Gasteiger partial charge in [-0.25, -0.2) is 0 Å². The molecule has 0 N–H and O–H groups in total. The summed E-state index contributed by atoms with van der Waals surface area (Å²) in [6.07, 6.45) is 9.20. The zero-order valence-electron chi connectivity index (χ0n) is 49.2. The highest BCUT2D eigenvalue weighted by Gasteiger charge is 2.39. The predicted octanol–water partition coefficient (Wildman–Crippen LogP) is 21.7. The van der Waals surface area contributed by atoms with Gasteiger partial charge < -0.3 is 9.80 Å². The molecule has 0 unspecified atom stereocenters. The van der Waals surface area contributed by atoms with E-state index in [9.17, 15) is 0 Å². The zero-order chi connectivity index (χ0) is 56.3. The van der Waals surface area contributed by atoms with E-state index in [-0.39, 0.29) is 16.2 Å². The third kappa shape index (κ3) is 8.97. The molecule has 13 rings (SSSR count). The summed E-state index contributed by atoms with van der Waals surface area (Å²) in [5, 5.41) is 0. The first kappa shape index (κ1) is 51.7. The van der Waals surface area contributed by atoms with Crippen LogP contribution in [0.3, 0.4) is 0 Å². The number of fused-ring (bicyclic) bond motifs is 9. The molecular weight excluding hydrogens is 977 g/mol. The maximum Gasteiger partial charge on any atom is 0.0466 e. The lowest BCUT2D eigenvalue weighted by atomic mass is 9.81. The Bertz CT molecular complexity index is 3940. The van der Waals surface area contributed by atoms with Crippen LogP contribution in [0.4, 0.5) is 34.1 Å². The largest absolute Gasteiger partial charge is 0.310 e. The minimum absolute atomic E-state index is 0.150. The van der Waals surface area contributed by atoms with Crippen molar-refractivity contribution in [1.82, 2.24) is 0 Å². The third-order valence-electron chi connectivity index (χ3n) is 18.1. The minimum Gasteiger partial charge on any atom is -0.310 e. The van der Waals surface area contributed by atoms with E-state index in [1.54, 1.807) is 0 Å². The van der Waals surface area contributed by atoms with Gasteiger partial charge in [0.15, 0.2) is 0 Å². The van der Waals surface area contributed by atoms with E-state index in [1.807, 2.05) is 0 Å². The number of hydrogen-bond acceptors (Lipinski definition) is 2. The topological polar surface area (TPSA) is 6.48 Å². The molecule has 0 atom stereocenters. The molecule has 2 heteroatoms. The standard InChI is InChI=1S/C79H72N2/c1-49-13-25-59(26-14-49)80(63-39-51(3)37-52(4)40-63)61-29-35-69-67-33-23-57(45-73(67)78(9,10)75(69)47-61)19-17-55-21-31-65-66-32-22-56(44-72(66)77(7,8)71(65)43-55)18-20-58-24-34-68-70-36-30-62(48-76(70)79(11,12)74(68)46-58)81(60-27-15-50(2)16-28-60)64-41-53(5)38-54(6)42-64/h13-48H,1-12H3/b19-17+,20-18+. The molecule has 398 valence electrons. The molecule has 2 nitrogen and oxygen atoms in total. The lowest BCUT2D eigenvalue weighted by Crippen LogP contribution is -2.17. The van der Waals surface area contributed by atoms with Gasteiger partial charge in [0, 0.05) is 50.4 Å². The van der Waals surface area contributed by atoms with Gasteiger partial charge in [-0.3, -0.25) is 0 Å². The van der Waals surface area contributed by atoms with Crippen molar-refractivity contribution in [2.75, 3.05) is 9.80 Å². The number of rotatable bonds is 10. The molecule has 10 aromatic carbocycles. The highest BCUT2D eigenvalue weighted by molar-refractivity contribution is 5.90. The molecular formula is C79H72N2. The fraction of sp³-hybridized carbons (Fsp3) is 0.190. The van der Waals surface area contributed by atoms with E-state index in [2.05, 4.69) is 311 Å². The molecule has 0 spiro atoms. The third-order valence-corrected chi connectivity index (χ3v) is 18.1. The van der Waals surface area contributed by atoms with Gasteiger partial charge in [-0.15, -0.1) is 0 Å². The summed E-state index contributed by atoms with van der Waals surface area (Å²) in [6, 6.07) is 73.9. The number of hydrogen-bond donors (Lipinski definition) is 0. The van der Waals surface area contributed by atoms with Crippen molar-refractivity contribution in [2.24, 2.45) is 0 Å². The lowest BCUT2D eigenvalue weighted by molar-refractivity contribution is 0.660.